The molecule has 3 aromatic rings. The van der Waals surface area contributed by atoms with Gasteiger partial charge in [0.2, 0.25) is 5.75 Å². The number of rotatable bonds is 6. The van der Waals surface area contributed by atoms with Gasteiger partial charge in [-0.2, -0.15) is 23.4 Å². The fourth-order valence-corrected chi connectivity index (χ4v) is 3.14. The molecule has 35 heavy (non-hydrogen) atoms. The van der Waals surface area contributed by atoms with Crippen molar-refractivity contribution in [2.24, 2.45) is 17.3 Å². The molecule has 0 saturated heterocycles. The molecule has 1 aromatic heterocycles. The van der Waals surface area contributed by atoms with Gasteiger partial charge in [-0.1, -0.05) is 0 Å². The number of amides is 1. The first kappa shape index (κ1) is 26.7. The van der Waals surface area contributed by atoms with E-state index >= 15 is 0 Å². The van der Waals surface area contributed by atoms with Gasteiger partial charge in [0.15, 0.2) is 12.7 Å². The van der Waals surface area contributed by atoms with Crippen molar-refractivity contribution in [1.29, 1.82) is 0 Å². The standard InChI is InChI=1S/C21H16F3N5O5.H2O/c1-10(25-26-19(31)12-5-8-14(20(32)33)15(9-12)28-34)16-18(30)17(29(2)27-16)11-3-6-13(7-4-11)21(22,23)24;/h3-9H,1-2H3,(H3,26,27,30,31,32,33);1H2. The van der Waals surface area contributed by atoms with Crippen molar-refractivity contribution in [2.45, 2.75) is 13.1 Å². The van der Waals surface area contributed by atoms with Gasteiger partial charge in [-0.05, 0) is 54.6 Å². The van der Waals surface area contributed by atoms with Crippen molar-refractivity contribution >= 4 is 23.3 Å². The van der Waals surface area contributed by atoms with E-state index in [1.807, 2.05) is 0 Å². The first-order chi connectivity index (χ1) is 15.9. The molecule has 0 bridgehead atoms. The number of nitrogens with one attached hydrogen (secondary N) is 2. The molecule has 0 aliphatic rings. The summed E-state index contributed by atoms with van der Waals surface area (Å²) in [6.45, 7) is 1.45. The van der Waals surface area contributed by atoms with Gasteiger partial charge in [0.1, 0.15) is 5.69 Å². The molecule has 0 atom stereocenters. The van der Waals surface area contributed by atoms with Crippen LogP contribution in [0.2, 0.25) is 0 Å². The van der Waals surface area contributed by atoms with Gasteiger partial charge in [-0.15, -0.1) is 9.59 Å². The van der Waals surface area contributed by atoms with Gasteiger partial charge in [-0.25, -0.2) is 10.2 Å². The van der Waals surface area contributed by atoms with Gasteiger partial charge in [0.05, 0.1) is 22.4 Å². The summed E-state index contributed by atoms with van der Waals surface area (Å²) in [5, 5.41) is 28.9. The number of aromatic hydroxyl groups is 1. The van der Waals surface area contributed by atoms with Crippen LogP contribution in [-0.4, -0.2) is 38.4 Å². The number of benzene rings is 2. The summed E-state index contributed by atoms with van der Waals surface area (Å²) < 4.78 is 39.8. The quantitative estimate of drug-likeness (QED) is 0.177. The Kier molecular flexibility index (Phi) is 7.72. The number of hydrogen-bond acceptors (Lipinski definition) is 7. The summed E-state index contributed by atoms with van der Waals surface area (Å²) in [7, 11) is 1.53. The van der Waals surface area contributed by atoms with Crippen LogP contribution >= 0.6 is 0 Å². The van der Waals surface area contributed by atoms with Crippen LogP contribution in [0.3, 0.4) is 0 Å². The predicted molar refractivity (Wildman–Crippen MR) is 115 cm³/mol. The maximum Gasteiger partial charge on any atom is 0.416 e. The SMILES string of the molecule is C/C(=N\NC(=O)c1ccc(C(=O)O)c(N=O)c1)c1[nH][n+](C)c(-c2ccc(C(F)(F)F)cc2)c1O.[OH-]. The van der Waals surface area contributed by atoms with E-state index in [2.05, 4.69) is 20.8 Å². The minimum atomic E-state index is -4.50. The molecule has 0 aliphatic heterocycles. The number of carboxylic acid groups (broad SMARTS) is 1. The van der Waals surface area contributed by atoms with Crippen LogP contribution in [0.15, 0.2) is 52.7 Å². The van der Waals surface area contributed by atoms with E-state index in [-0.39, 0.29) is 39.5 Å². The van der Waals surface area contributed by atoms with Crippen molar-refractivity contribution in [1.82, 2.24) is 10.5 Å². The maximum absolute atomic E-state index is 12.8. The molecule has 184 valence electrons. The number of carbonyl (C=O) groups excluding carboxylic acids is 1. The number of carbonyl (C=O) groups is 2. The summed E-state index contributed by atoms with van der Waals surface area (Å²) >= 11 is 0. The highest BCUT2D eigenvalue weighted by Crippen LogP contribution is 2.33. The number of aromatic amines is 1. The van der Waals surface area contributed by atoms with Crippen LogP contribution in [0.4, 0.5) is 18.9 Å². The molecule has 0 unspecified atom stereocenters. The van der Waals surface area contributed by atoms with Gasteiger partial charge in [-0.3, -0.25) is 4.79 Å². The number of aromatic carboxylic acids is 1. The Bertz CT molecular complexity index is 1320. The zero-order chi connectivity index (χ0) is 25.2. The molecule has 0 fully saturated rings. The van der Waals surface area contributed by atoms with Crippen molar-refractivity contribution in [3.63, 3.8) is 0 Å². The Balaban J connectivity index is 0.00000432. The normalized spacial score (nSPS) is 11.5. The number of carboxylic acids is 1. The molecule has 3 rings (SSSR count). The van der Waals surface area contributed by atoms with Crippen molar-refractivity contribution in [2.75, 3.05) is 0 Å². The zero-order valence-corrected chi connectivity index (χ0v) is 18.1. The Labute approximate surface area is 194 Å². The topological polar surface area (TPSA) is 178 Å². The van der Waals surface area contributed by atoms with E-state index in [0.717, 1.165) is 24.3 Å². The minimum absolute atomic E-state index is 0. The first-order valence-corrected chi connectivity index (χ1v) is 9.48. The number of H-pyrrole nitrogens is 1. The Hall–Kier alpha value is -4.59. The highest BCUT2D eigenvalue weighted by molar-refractivity contribution is 6.03. The second kappa shape index (κ2) is 10.1. The van der Waals surface area contributed by atoms with Crippen LogP contribution in [0.5, 0.6) is 5.75 Å². The highest BCUT2D eigenvalue weighted by atomic mass is 19.4. The fraction of sp³-hybridized carbons (Fsp3) is 0.143. The number of hydrogen-bond donors (Lipinski definition) is 4. The molecule has 0 saturated carbocycles. The van der Waals surface area contributed by atoms with E-state index in [9.17, 15) is 32.8 Å². The lowest BCUT2D eigenvalue weighted by Gasteiger charge is -2.06. The number of aromatic nitrogens is 2. The summed E-state index contributed by atoms with van der Waals surface area (Å²) in [4.78, 5) is 34.3. The Morgan fingerprint density at radius 2 is 1.74 bits per heavy atom. The van der Waals surface area contributed by atoms with E-state index in [1.165, 1.54) is 36.9 Å². The largest absolute Gasteiger partial charge is 0.870 e. The average Bonchev–Trinajstić information content (AvgIpc) is 3.09. The molecule has 2 aromatic carbocycles. The fourth-order valence-electron chi connectivity index (χ4n) is 3.14. The number of nitroso groups, excluding NO2 is 1. The molecular formula is C21H18F3N5O6. The molecule has 0 aliphatic carbocycles. The van der Waals surface area contributed by atoms with E-state index in [4.69, 9.17) is 5.11 Å². The van der Waals surface area contributed by atoms with Crippen molar-refractivity contribution in [3.05, 3.63) is 69.8 Å². The van der Waals surface area contributed by atoms with E-state index in [1.54, 1.807) is 0 Å². The van der Waals surface area contributed by atoms with Gasteiger partial charge >= 0.3 is 12.1 Å². The molecule has 1 amide bonds. The first-order valence-electron chi connectivity index (χ1n) is 9.48. The summed E-state index contributed by atoms with van der Waals surface area (Å²) in [6.07, 6.45) is -4.50. The second-order valence-corrected chi connectivity index (χ2v) is 7.08. The zero-order valence-electron chi connectivity index (χ0n) is 18.1. The number of aryl methyl sites for hydroxylation is 1. The van der Waals surface area contributed by atoms with Crippen LogP contribution in [0.25, 0.3) is 11.3 Å². The number of nitrogens with zero attached hydrogens (tertiary/aromatic N) is 3. The van der Waals surface area contributed by atoms with Crippen molar-refractivity contribution < 1.29 is 43.1 Å². The lowest BCUT2D eigenvalue weighted by atomic mass is 10.1. The predicted octanol–water partition coefficient (Wildman–Crippen LogP) is 3.30. The highest BCUT2D eigenvalue weighted by Gasteiger charge is 2.31. The molecule has 0 spiro atoms. The van der Waals surface area contributed by atoms with Crippen LogP contribution < -0.4 is 10.1 Å². The minimum Gasteiger partial charge on any atom is -0.870 e. The van der Waals surface area contributed by atoms with E-state index < -0.39 is 29.3 Å². The third-order valence-corrected chi connectivity index (χ3v) is 4.84. The van der Waals surface area contributed by atoms with Gasteiger partial charge in [0, 0.05) is 5.56 Å². The average molecular weight is 493 g/mol. The van der Waals surface area contributed by atoms with Gasteiger partial charge in [0.25, 0.3) is 11.6 Å². The molecular weight excluding hydrogens is 475 g/mol. The van der Waals surface area contributed by atoms with Crippen LogP contribution in [0, 0.1) is 4.91 Å². The monoisotopic (exact) mass is 493 g/mol. The summed E-state index contributed by atoms with van der Waals surface area (Å²) in [5.41, 5.74) is 1.20. The Morgan fingerprint density at radius 3 is 2.29 bits per heavy atom. The lowest BCUT2D eigenvalue weighted by Crippen LogP contribution is -2.32. The second-order valence-electron chi connectivity index (χ2n) is 7.08. The van der Waals surface area contributed by atoms with Gasteiger partial charge < -0.3 is 15.7 Å². The molecule has 1 heterocycles. The third-order valence-electron chi connectivity index (χ3n) is 4.84. The van der Waals surface area contributed by atoms with Crippen LogP contribution in [0.1, 0.15) is 38.9 Å². The maximum atomic E-state index is 12.8. The molecule has 11 nitrogen and oxygen atoms in total. The molecule has 0 radical (unpaired) electrons. The molecule has 5 N–H and O–H groups in total. The Morgan fingerprint density at radius 1 is 1.11 bits per heavy atom. The lowest BCUT2D eigenvalue weighted by molar-refractivity contribution is -0.716. The number of halogens is 3. The number of alkyl halides is 3. The van der Waals surface area contributed by atoms with E-state index in [0.29, 0.717) is 5.56 Å². The van der Waals surface area contributed by atoms with Crippen molar-refractivity contribution in [3.8, 4) is 17.0 Å². The summed E-state index contributed by atoms with van der Waals surface area (Å²) in [5.74, 6) is -2.47. The van der Waals surface area contributed by atoms with Crippen LogP contribution in [-0.2, 0) is 13.2 Å². The molecule has 14 heteroatoms. The smallest absolute Gasteiger partial charge is 0.416 e. The number of hydrazone groups is 1. The third kappa shape index (κ3) is 5.50. The summed E-state index contributed by atoms with van der Waals surface area (Å²) in [6, 6.07) is 7.42.